The van der Waals surface area contributed by atoms with Crippen molar-refractivity contribution in [2.24, 2.45) is 0 Å². The van der Waals surface area contributed by atoms with E-state index in [0.717, 1.165) is 27.9 Å². The Labute approximate surface area is 168 Å². The maximum Gasteiger partial charge on any atom is 0.244 e. The SMILES string of the molecule is O=C(Cn1ccc2c(OCc3ccccc3)cccc21)Nc1ccc(Cl)cc1. The van der Waals surface area contributed by atoms with Crippen LogP contribution in [0.3, 0.4) is 0 Å². The number of carbonyl (C=O) groups is 1. The van der Waals surface area contributed by atoms with E-state index in [0.29, 0.717) is 11.6 Å². The summed E-state index contributed by atoms with van der Waals surface area (Å²) in [7, 11) is 0. The van der Waals surface area contributed by atoms with Gasteiger partial charge in [0.05, 0.1) is 5.52 Å². The number of carbonyl (C=O) groups excluding carboxylic acids is 1. The van der Waals surface area contributed by atoms with Crippen molar-refractivity contribution >= 4 is 34.1 Å². The smallest absolute Gasteiger partial charge is 0.244 e. The van der Waals surface area contributed by atoms with E-state index in [-0.39, 0.29) is 12.5 Å². The van der Waals surface area contributed by atoms with Gasteiger partial charge in [-0.2, -0.15) is 0 Å². The minimum absolute atomic E-state index is 0.101. The van der Waals surface area contributed by atoms with Crippen molar-refractivity contribution in [2.45, 2.75) is 13.2 Å². The van der Waals surface area contributed by atoms with Gasteiger partial charge < -0.3 is 14.6 Å². The molecule has 4 aromatic rings. The Morgan fingerprint density at radius 3 is 2.50 bits per heavy atom. The summed E-state index contributed by atoms with van der Waals surface area (Å²) in [5.41, 5.74) is 2.79. The zero-order chi connectivity index (χ0) is 19.3. The van der Waals surface area contributed by atoms with Gasteiger partial charge in [0.2, 0.25) is 5.91 Å². The number of fused-ring (bicyclic) bond motifs is 1. The number of benzene rings is 3. The van der Waals surface area contributed by atoms with E-state index in [1.807, 2.05) is 65.4 Å². The first-order chi connectivity index (χ1) is 13.7. The van der Waals surface area contributed by atoms with Crippen LogP contribution in [-0.4, -0.2) is 10.5 Å². The largest absolute Gasteiger partial charge is 0.488 e. The average molecular weight is 391 g/mol. The highest BCUT2D eigenvalue weighted by atomic mass is 35.5. The van der Waals surface area contributed by atoms with Gasteiger partial charge in [-0.25, -0.2) is 0 Å². The van der Waals surface area contributed by atoms with Crippen molar-refractivity contribution in [3.63, 3.8) is 0 Å². The quantitative estimate of drug-likeness (QED) is 0.471. The fourth-order valence-electron chi connectivity index (χ4n) is 3.08. The van der Waals surface area contributed by atoms with Gasteiger partial charge in [-0.15, -0.1) is 0 Å². The molecule has 0 radical (unpaired) electrons. The summed E-state index contributed by atoms with van der Waals surface area (Å²) in [5, 5.41) is 4.50. The predicted octanol–water partition coefficient (Wildman–Crippen LogP) is 5.51. The summed E-state index contributed by atoms with van der Waals surface area (Å²) in [6.07, 6.45) is 1.90. The molecule has 4 nitrogen and oxygen atoms in total. The Morgan fingerprint density at radius 1 is 0.929 bits per heavy atom. The first-order valence-corrected chi connectivity index (χ1v) is 9.37. The standard InChI is InChI=1S/C23H19ClN2O2/c24-18-9-11-19(12-10-18)25-23(27)15-26-14-13-20-21(26)7-4-8-22(20)28-16-17-5-2-1-3-6-17/h1-14H,15-16H2,(H,25,27). The topological polar surface area (TPSA) is 43.3 Å². The Balaban J connectivity index is 1.48. The second kappa shape index (κ2) is 8.19. The van der Waals surface area contributed by atoms with E-state index in [9.17, 15) is 4.79 Å². The van der Waals surface area contributed by atoms with Gasteiger partial charge in [0.25, 0.3) is 0 Å². The van der Waals surface area contributed by atoms with Gasteiger partial charge in [-0.1, -0.05) is 48.0 Å². The average Bonchev–Trinajstić information content (AvgIpc) is 3.12. The molecule has 0 fully saturated rings. The molecule has 0 aliphatic carbocycles. The summed E-state index contributed by atoms with van der Waals surface area (Å²) in [6.45, 7) is 0.719. The summed E-state index contributed by atoms with van der Waals surface area (Å²) in [5.74, 6) is 0.702. The molecule has 1 amide bonds. The lowest BCUT2D eigenvalue weighted by Gasteiger charge is -2.10. The van der Waals surface area contributed by atoms with Crippen LogP contribution in [0.25, 0.3) is 10.9 Å². The minimum atomic E-state index is -0.101. The van der Waals surface area contributed by atoms with Crippen LogP contribution in [0.2, 0.25) is 5.02 Å². The van der Waals surface area contributed by atoms with E-state index < -0.39 is 0 Å². The van der Waals surface area contributed by atoms with Crippen LogP contribution < -0.4 is 10.1 Å². The highest BCUT2D eigenvalue weighted by molar-refractivity contribution is 6.30. The van der Waals surface area contributed by atoms with Gasteiger partial charge >= 0.3 is 0 Å². The molecular formula is C23H19ClN2O2. The Kier molecular flexibility index (Phi) is 5.31. The second-order valence-electron chi connectivity index (χ2n) is 6.46. The first-order valence-electron chi connectivity index (χ1n) is 8.99. The zero-order valence-corrected chi connectivity index (χ0v) is 15.9. The molecule has 3 aromatic carbocycles. The molecule has 0 saturated carbocycles. The molecule has 4 rings (SSSR count). The van der Waals surface area contributed by atoms with Gasteiger partial charge in [0.15, 0.2) is 0 Å². The van der Waals surface area contributed by atoms with E-state index >= 15 is 0 Å². The molecular weight excluding hydrogens is 372 g/mol. The molecule has 0 aliphatic heterocycles. The van der Waals surface area contributed by atoms with Gasteiger partial charge in [-0.05, 0) is 48.0 Å². The normalized spacial score (nSPS) is 10.8. The molecule has 0 unspecified atom stereocenters. The highest BCUT2D eigenvalue weighted by Crippen LogP contribution is 2.27. The van der Waals surface area contributed by atoms with Crippen molar-refractivity contribution in [2.75, 3.05) is 5.32 Å². The van der Waals surface area contributed by atoms with Crippen molar-refractivity contribution in [3.05, 3.63) is 95.6 Å². The lowest BCUT2D eigenvalue weighted by Crippen LogP contribution is -2.18. The molecule has 0 atom stereocenters. The number of aromatic nitrogens is 1. The van der Waals surface area contributed by atoms with Crippen LogP contribution in [0.5, 0.6) is 5.75 Å². The Bertz CT molecular complexity index is 1090. The van der Waals surface area contributed by atoms with Crippen LogP contribution in [0.4, 0.5) is 5.69 Å². The van der Waals surface area contributed by atoms with Crippen molar-refractivity contribution in [1.82, 2.24) is 4.57 Å². The molecule has 140 valence electrons. The van der Waals surface area contributed by atoms with Gasteiger partial charge in [0, 0.05) is 22.3 Å². The number of hydrogen-bond acceptors (Lipinski definition) is 2. The van der Waals surface area contributed by atoms with Crippen LogP contribution in [0.1, 0.15) is 5.56 Å². The van der Waals surface area contributed by atoms with E-state index in [2.05, 4.69) is 5.32 Å². The molecule has 0 bridgehead atoms. The van der Waals surface area contributed by atoms with Crippen molar-refractivity contribution < 1.29 is 9.53 Å². The number of hydrogen-bond donors (Lipinski definition) is 1. The van der Waals surface area contributed by atoms with E-state index in [1.165, 1.54) is 0 Å². The molecule has 0 aliphatic rings. The van der Waals surface area contributed by atoms with Crippen LogP contribution in [-0.2, 0) is 17.9 Å². The molecule has 28 heavy (non-hydrogen) atoms. The molecule has 1 N–H and O–H groups in total. The number of anilines is 1. The molecule has 1 heterocycles. The van der Waals surface area contributed by atoms with E-state index in [4.69, 9.17) is 16.3 Å². The van der Waals surface area contributed by atoms with Gasteiger partial charge in [-0.3, -0.25) is 4.79 Å². The summed E-state index contributed by atoms with van der Waals surface area (Å²) in [6, 6.07) is 25.0. The molecule has 5 heteroatoms. The van der Waals surface area contributed by atoms with Crippen molar-refractivity contribution in [3.8, 4) is 5.75 Å². The summed E-state index contributed by atoms with van der Waals surface area (Å²) in [4.78, 5) is 12.4. The lowest BCUT2D eigenvalue weighted by molar-refractivity contribution is -0.116. The summed E-state index contributed by atoms with van der Waals surface area (Å²) < 4.78 is 7.92. The third-order valence-electron chi connectivity index (χ3n) is 4.45. The minimum Gasteiger partial charge on any atom is -0.488 e. The monoisotopic (exact) mass is 390 g/mol. The van der Waals surface area contributed by atoms with E-state index in [1.54, 1.807) is 24.3 Å². The number of nitrogens with one attached hydrogen (secondary N) is 1. The number of rotatable bonds is 6. The lowest BCUT2D eigenvalue weighted by atomic mass is 10.2. The number of halogens is 1. The number of amides is 1. The fourth-order valence-corrected chi connectivity index (χ4v) is 3.21. The molecule has 0 saturated heterocycles. The third kappa shape index (κ3) is 4.18. The van der Waals surface area contributed by atoms with Crippen LogP contribution in [0, 0.1) is 0 Å². The molecule has 0 spiro atoms. The van der Waals surface area contributed by atoms with Crippen LogP contribution in [0.15, 0.2) is 85.1 Å². The molecule has 1 aromatic heterocycles. The van der Waals surface area contributed by atoms with Crippen LogP contribution >= 0.6 is 11.6 Å². The van der Waals surface area contributed by atoms with Crippen molar-refractivity contribution in [1.29, 1.82) is 0 Å². The summed E-state index contributed by atoms with van der Waals surface area (Å²) >= 11 is 5.88. The maximum absolute atomic E-state index is 12.4. The number of ether oxygens (including phenoxy) is 1. The second-order valence-corrected chi connectivity index (χ2v) is 6.90. The fraction of sp³-hybridized carbons (Fsp3) is 0.0870. The first kappa shape index (κ1) is 18.1. The maximum atomic E-state index is 12.4. The Morgan fingerprint density at radius 2 is 1.71 bits per heavy atom. The highest BCUT2D eigenvalue weighted by Gasteiger charge is 2.10. The van der Waals surface area contributed by atoms with Gasteiger partial charge in [0.1, 0.15) is 18.9 Å². The third-order valence-corrected chi connectivity index (χ3v) is 4.70. The predicted molar refractivity (Wildman–Crippen MR) is 113 cm³/mol. The zero-order valence-electron chi connectivity index (χ0n) is 15.1. The Hall–Kier alpha value is -3.24. The number of nitrogens with zero attached hydrogens (tertiary/aromatic N) is 1.